The second kappa shape index (κ2) is 8.72. The molecule has 1 aliphatic rings. The quantitative estimate of drug-likeness (QED) is 0.366. The van der Waals surface area contributed by atoms with E-state index in [1.54, 1.807) is 24.3 Å². The zero-order valence-electron chi connectivity index (χ0n) is 17.0. The maximum Gasteiger partial charge on any atom is 0.286 e. The molecule has 1 aliphatic carbocycles. The van der Waals surface area contributed by atoms with Gasteiger partial charge in [-0.2, -0.15) is 0 Å². The van der Waals surface area contributed by atoms with Gasteiger partial charge in [-0.15, -0.1) is 10.2 Å². The number of aromatic amines is 1. The van der Waals surface area contributed by atoms with Gasteiger partial charge >= 0.3 is 0 Å². The third-order valence-electron chi connectivity index (χ3n) is 5.35. The Labute approximate surface area is 193 Å². The summed E-state index contributed by atoms with van der Waals surface area (Å²) in [6, 6.07) is 12.5. The zero-order valence-corrected chi connectivity index (χ0v) is 18.6. The molecule has 1 saturated carbocycles. The molecule has 7 nitrogen and oxygen atoms in total. The highest BCUT2D eigenvalue weighted by Gasteiger charge is 2.28. The van der Waals surface area contributed by atoms with Gasteiger partial charge in [-0.1, -0.05) is 29.0 Å². The van der Waals surface area contributed by atoms with E-state index in [-0.39, 0.29) is 11.8 Å². The summed E-state index contributed by atoms with van der Waals surface area (Å²) in [5.74, 6) is -0.0572. The minimum Gasteiger partial charge on any atom is -0.361 e. The molecule has 0 aliphatic heterocycles. The van der Waals surface area contributed by atoms with E-state index in [4.69, 9.17) is 11.6 Å². The fraction of sp³-hybridized carbons (Fsp3) is 0.217. The van der Waals surface area contributed by atoms with Crippen molar-refractivity contribution in [2.45, 2.75) is 25.2 Å². The van der Waals surface area contributed by atoms with Crippen LogP contribution in [0.5, 0.6) is 0 Å². The Kier molecular flexibility index (Phi) is 5.63. The minimum absolute atomic E-state index is 0.203. The fourth-order valence-electron chi connectivity index (χ4n) is 3.51. The van der Waals surface area contributed by atoms with Crippen molar-refractivity contribution in [3.05, 3.63) is 74.8 Å². The lowest BCUT2D eigenvalue weighted by Crippen LogP contribution is -2.25. The highest BCUT2D eigenvalue weighted by atomic mass is 35.5. The van der Waals surface area contributed by atoms with Gasteiger partial charge in [0.05, 0.1) is 0 Å². The van der Waals surface area contributed by atoms with Crippen LogP contribution in [0.25, 0.3) is 10.9 Å². The number of nitrogens with one attached hydrogen (secondary N) is 3. The largest absolute Gasteiger partial charge is 0.361 e. The lowest BCUT2D eigenvalue weighted by Gasteiger charge is -2.08. The van der Waals surface area contributed by atoms with Crippen LogP contribution in [-0.2, 0) is 6.42 Å². The maximum atomic E-state index is 12.6. The smallest absolute Gasteiger partial charge is 0.286 e. The molecule has 162 valence electrons. The van der Waals surface area contributed by atoms with Crippen LogP contribution < -0.4 is 10.6 Å². The molecule has 2 aromatic carbocycles. The number of aromatic nitrogens is 3. The number of amides is 2. The number of anilines is 1. The van der Waals surface area contributed by atoms with Crippen molar-refractivity contribution in [2.24, 2.45) is 0 Å². The van der Waals surface area contributed by atoms with Gasteiger partial charge in [0.1, 0.15) is 5.01 Å². The first kappa shape index (κ1) is 20.7. The summed E-state index contributed by atoms with van der Waals surface area (Å²) in [6.07, 6.45) is 4.83. The molecule has 1 fully saturated rings. The van der Waals surface area contributed by atoms with Crippen molar-refractivity contribution in [1.29, 1.82) is 0 Å². The van der Waals surface area contributed by atoms with Crippen molar-refractivity contribution in [3.8, 4) is 0 Å². The van der Waals surface area contributed by atoms with Crippen molar-refractivity contribution in [1.82, 2.24) is 20.5 Å². The van der Waals surface area contributed by atoms with Crippen LogP contribution in [0.15, 0.2) is 48.7 Å². The van der Waals surface area contributed by atoms with Crippen molar-refractivity contribution < 1.29 is 9.59 Å². The molecule has 0 saturated heterocycles. The molecule has 0 atom stereocenters. The molecule has 2 amide bonds. The predicted molar refractivity (Wildman–Crippen MR) is 126 cm³/mol. The number of carbonyl (C=O) groups is 2. The Morgan fingerprint density at radius 2 is 2.00 bits per heavy atom. The van der Waals surface area contributed by atoms with Crippen LogP contribution >= 0.6 is 22.9 Å². The first-order valence-electron chi connectivity index (χ1n) is 10.4. The Morgan fingerprint density at radius 1 is 1.12 bits per heavy atom. The van der Waals surface area contributed by atoms with Gasteiger partial charge in [0.15, 0.2) is 0 Å². The summed E-state index contributed by atoms with van der Waals surface area (Å²) in [5.41, 5.74) is 3.11. The van der Waals surface area contributed by atoms with E-state index in [1.165, 1.54) is 11.3 Å². The van der Waals surface area contributed by atoms with Gasteiger partial charge in [0, 0.05) is 45.8 Å². The highest BCUT2D eigenvalue weighted by molar-refractivity contribution is 7.13. The Hall–Kier alpha value is -3.23. The summed E-state index contributed by atoms with van der Waals surface area (Å²) in [7, 11) is 0. The molecule has 4 aromatic rings. The molecule has 32 heavy (non-hydrogen) atoms. The van der Waals surface area contributed by atoms with Crippen LogP contribution in [-0.4, -0.2) is 33.5 Å². The Morgan fingerprint density at radius 3 is 2.84 bits per heavy atom. The molecule has 5 rings (SSSR count). The summed E-state index contributed by atoms with van der Waals surface area (Å²) in [6.45, 7) is 0.476. The zero-order chi connectivity index (χ0) is 22.1. The topological polar surface area (TPSA) is 99.8 Å². The van der Waals surface area contributed by atoms with Gasteiger partial charge < -0.3 is 15.6 Å². The number of nitrogens with zero attached hydrogens (tertiary/aromatic N) is 2. The van der Waals surface area contributed by atoms with E-state index >= 15 is 0 Å². The molecule has 2 aromatic heterocycles. The number of hydrogen-bond acceptors (Lipinski definition) is 5. The average molecular weight is 466 g/mol. The molecular formula is C23H20ClN5O2S. The minimum atomic E-state index is -0.315. The Bertz CT molecular complexity index is 1310. The van der Waals surface area contributed by atoms with E-state index in [0.717, 1.165) is 34.3 Å². The first-order valence-corrected chi connectivity index (χ1v) is 11.5. The molecule has 0 spiro atoms. The number of carbonyl (C=O) groups excluding carboxylic acids is 2. The van der Waals surface area contributed by atoms with Crippen LogP contribution in [0.2, 0.25) is 5.02 Å². The van der Waals surface area contributed by atoms with E-state index in [9.17, 15) is 9.59 Å². The molecule has 9 heteroatoms. The molecule has 0 radical (unpaired) electrons. The van der Waals surface area contributed by atoms with Crippen molar-refractivity contribution in [2.75, 3.05) is 11.9 Å². The summed E-state index contributed by atoms with van der Waals surface area (Å²) >= 11 is 7.43. The summed E-state index contributed by atoms with van der Waals surface area (Å²) < 4.78 is 0. The lowest BCUT2D eigenvalue weighted by atomic mass is 10.1. The van der Waals surface area contributed by atoms with Gasteiger partial charge in [-0.05, 0) is 61.2 Å². The van der Waals surface area contributed by atoms with Gasteiger partial charge in [-0.25, -0.2) is 0 Å². The van der Waals surface area contributed by atoms with Crippen LogP contribution in [0.1, 0.15) is 49.5 Å². The summed E-state index contributed by atoms with van der Waals surface area (Å²) in [4.78, 5) is 28.3. The highest BCUT2D eigenvalue weighted by Crippen LogP contribution is 2.41. The number of benzene rings is 2. The normalized spacial score (nSPS) is 13.3. The van der Waals surface area contributed by atoms with Crippen LogP contribution in [0, 0.1) is 0 Å². The fourth-order valence-corrected chi connectivity index (χ4v) is 4.59. The van der Waals surface area contributed by atoms with Gasteiger partial charge in [0.2, 0.25) is 5.01 Å². The Balaban J connectivity index is 1.19. The van der Waals surface area contributed by atoms with E-state index in [2.05, 4.69) is 25.8 Å². The molecule has 0 unspecified atom stereocenters. The van der Waals surface area contributed by atoms with Crippen molar-refractivity contribution in [3.63, 3.8) is 0 Å². The van der Waals surface area contributed by atoms with Gasteiger partial charge in [-0.3, -0.25) is 9.59 Å². The van der Waals surface area contributed by atoms with E-state index in [0.29, 0.717) is 40.2 Å². The third kappa shape index (κ3) is 4.51. The number of hydrogen-bond donors (Lipinski definition) is 3. The molecule has 3 N–H and O–H groups in total. The monoisotopic (exact) mass is 465 g/mol. The first-order chi connectivity index (χ1) is 15.6. The van der Waals surface area contributed by atoms with Gasteiger partial charge in [0.25, 0.3) is 11.8 Å². The summed E-state index contributed by atoms with van der Waals surface area (Å²) in [5, 5.41) is 16.8. The predicted octanol–water partition coefficient (Wildman–Crippen LogP) is 4.78. The second-order valence-electron chi connectivity index (χ2n) is 7.76. The van der Waals surface area contributed by atoms with Crippen LogP contribution in [0.3, 0.4) is 0 Å². The number of halogens is 1. The number of fused-ring (bicyclic) bond motifs is 1. The maximum absolute atomic E-state index is 12.6. The van der Waals surface area contributed by atoms with E-state index < -0.39 is 0 Å². The lowest BCUT2D eigenvalue weighted by molar-refractivity contribution is 0.0952. The molecular weight excluding hydrogens is 446 g/mol. The molecule has 0 bridgehead atoms. The average Bonchev–Trinajstić information content (AvgIpc) is 3.38. The molecule has 2 heterocycles. The SMILES string of the molecule is O=C(NCCc1c[nH]c2ccc(Cl)cc12)c1cccc(NC(=O)c2nnc(C3CC3)s2)c1. The number of H-pyrrole nitrogens is 1. The van der Waals surface area contributed by atoms with Crippen LogP contribution in [0.4, 0.5) is 5.69 Å². The second-order valence-corrected chi connectivity index (χ2v) is 9.21. The van der Waals surface area contributed by atoms with E-state index in [1.807, 2.05) is 24.4 Å². The number of rotatable bonds is 7. The standard InChI is InChI=1S/C23H20ClN5O2S/c24-16-6-7-19-18(11-16)15(12-26-19)8-9-25-20(30)14-2-1-3-17(10-14)27-21(31)23-29-28-22(32-23)13-4-5-13/h1-3,6-7,10-13,26H,4-5,8-9H2,(H,25,30)(H,27,31). The van der Waals surface area contributed by atoms with Crippen molar-refractivity contribution >= 4 is 51.3 Å². The third-order valence-corrected chi connectivity index (χ3v) is 6.67.